The van der Waals surface area contributed by atoms with Gasteiger partial charge in [0, 0.05) is 6.42 Å². The second-order valence-corrected chi connectivity index (χ2v) is 20.6. The standard InChI is InChI=1S/C59H117NO4/c1-3-5-7-9-11-13-15-17-19-21-23-25-27-28-29-30-32-34-36-38-40-42-44-46-48-50-52-54-58(63)60-56(55-61)59(64)57(62)53-51-49-47-45-43-41-39-37-35-33-31-26-24-22-20-18-16-14-12-10-8-6-4-2/h28-29,56-57,59,61-62,64H,3-27,30-55H2,1-2H3,(H,60,63)/b29-28-. The third-order valence-corrected chi connectivity index (χ3v) is 14.1. The summed E-state index contributed by atoms with van der Waals surface area (Å²) in [6, 6.07) is -0.808. The molecule has 0 fully saturated rings. The zero-order valence-electron chi connectivity index (χ0n) is 43.7. The molecule has 382 valence electrons. The molecule has 5 nitrogen and oxygen atoms in total. The Hall–Kier alpha value is -0.910. The maximum atomic E-state index is 12.5. The summed E-state index contributed by atoms with van der Waals surface area (Å²) >= 11 is 0. The van der Waals surface area contributed by atoms with Crippen LogP contribution in [0.15, 0.2) is 12.2 Å². The second-order valence-electron chi connectivity index (χ2n) is 20.6. The maximum absolute atomic E-state index is 12.5. The van der Waals surface area contributed by atoms with Gasteiger partial charge in [-0.15, -0.1) is 0 Å². The quantitative estimate of drug-likeness (QED) is 0.0362. The summed E-state index contributed by atoms with van der Waals surface area (Å²) in [5.41, 5.74) is 0. The number of carbonyl (C=O) groups is 1. The van der Waals surface area contributed by atoms with Crippen molar-refractivity contribution in [1.29, 1.82) is 0 Å². The Labute approximate surface area is 401 Å². The molecule has 0 saturated heterocycles. The van der Waals surface area contributed by atoms with E-state index >= 15 is 0 Å². The number of hydrogen-bond donors (Lipinski definition) is 4. The Morgan fingerprint density at radius 2 is 0.625 bits per heavy atom. The van der Waals surface area contributed by atoms with E-state index in [-0.39, 0.29) is 12.5 Å². The first-order valence-corrected chi connectivity index (χ1v) is 29.5. The summed E-state index contributed by atoms with van der Waals surface area (Å²) in [5, 5.41) is 33.8. The number of aliphatic hydroxyl groups excluding tert-OH is 3. The molecule has 0 aliphatic rings. The molecule has 4 N–H and O–H groups in total. The van der Waals surface area contributed by atoms with Crippen molar-refractivity contribution >= 4 is 5.91 Å². The molecule has 0 aromatic rings. The largest absolute Gasteiger partial charge is 0.394 e. The number of unbranched alkanes of at least 4 members (excludes halogenated alkanes) is 45. The minimum Gasteiger partial charge on any atom is -0.394 e. The summed E-state index contributed by atoms with van der Waals surface area (Å²) in [6.45, 7) is 4.23. The minimum atomic E-state index is -1.13. The smallest absolute Gasteiger partial charge is 0.220 e. The van der Waals surface area contributed by atoms with Crippen LogP contribution in [0.4, 0.5) is 0 Å². The SMILES string of the molecule is CCCCCCCCCCCCCC/C=C\CCCCCCCCCCCCCC(=O)NC(CO)C(O)C(O)CCCCCCCCCCCCCCCCCCCCCCCCC. The predicted octanol–water partition coefficient (Wildman–Crippen LogP) is 18.3. The number of amides is 1. The van der Waals surface area contributed by atoms with Crippen LogP contribution in [-0.2, 0) is 4.79 Å². The Balaban J connectivity index is 3.50. The van der Waals surface area contributed by atoms with Crippen LogP contribution in [0.3, 0.4) is 0 Å². The molecule has 0 aromatic carbocycles. The first kappa shape index (κ1) is 63.1. The fourth-order valence-electron chi connectivity index (χ4n) is 9.57. The molecule has 0 aliphatic carbocycles. The van der Waals surface area contributed by atoms with E-state index in [9.17, 15) is 20.1 Å². The minimum absolute atomic E-state index is 0.139. The van der Waals surface area contributed by atoms with Gasteiger partial charge in [0.2, 0.25) is 5.91 Å². The van der Waals surface area contributed by atoms with Crippen molar-refractivity contribution in [3.8, 4) is 0 Å². The highest BCUT2D eigenvalue weighted by molar-refractivity contribution is 5.76. The monoisotopic (exact) mass is 904 g/mol. The van der Waals surface area contributed by atoms with E-state index in [1.165, 1.54) is 276 Å². The summed E-state index contributed by atoms with van der Waals surface area (Å²) in [4.78, 5) is 12.5. The van der Waals surface area contributed by atoms with Crippen LogP contribution in [0.1, 0.15) is 335 Å². The van der Waals surface area contributed by atoms with Gasteiger partial charge in [-0.25, -0.2) is 0 Å². The van der Waals surface area contributed by atoms with Crippen LogP contribution in [0.2, 0.25) is 0 Å². The van der Waals surface area contributed by atoms with Crippen molar-refractivity contribution in [3.05, 3.63) is 12.2 Å². The molecular weight excluding hydrogens is 787 g/mol. The molecule has 3 unspecified atom stereocenters. The van der Waals surface area contributed by atoms with Gasteiger partial charge in [-0.1, -0.05) is 302 Å². The summed E-state index contributed by atoms with van der Waals surface area (Å²) in [6.07, 6.45) is 68.0. The first-order chi connectivity index (χ1) is 31.6. The summed E-state index contributed by atoms with van der Waals surface area (Å²) < 4.78 is 0. The van der Waals surface area contributed by atoms with E-state index in [0.717, 1.165) is 32.1 Å². The van der Waals surface area contributed by atoms with Gasteiger partial charge in [-0.05, 0) is 38.5 Å². The average molecular weight is 905 g/mol. The number of rotatable bonds is 55. The molecule has 3 atom stereocenters. The van der Waals surface area contributed by atoms with Crippen molar-refractivity contribution < 1.29 is 20.1 Å². The van der Waals surface area contributed by atoms with Crippen LogP contribution in [-0.4, -0.2) is 46.1 Å². The summed E-state index contributed by atoms with van der Waals surface area (Å²) in [5.74, 6) is -0.139. The molecule has 0 rings (SSSR count). The molecule has 64 heavy (non-hydrogen) atoms. The lowest BCUT2D eigenvalue weighted by Gasteiger charge is -2.26. The van der Waals surface area contributed by atoms with Gasteiger partial charge >= 0.3 is 0 Å². The van der Waals surface area contributed by atoms with Crippen molar-refractivity contribution in [1.82, 2.24) is 5.32 Å². The topological polar surface area (TPSA) is 89.8 Å². The van der Waals surface area contributed by atoms with E-state index in [4.69, 9.17) is 0 Å². The van der Waals surface area contributed by atoms with Gasteiger partial charge in [0.15, 0.2) is 0 Å². The fourth-order valence-corrected chi connectivity index (χ4v) is 9.57. The third kappa shape index (κ3) is 49.0. The Morgan fingerprint density at radius 3 is 0.906 bits per heavy atom. The second kappa shape index (κ2) is 54.7. The molecule has 0 aliphatic heterocycles. The van der Waals surface area contributed by atoms with Crippen LogP contribution in [0.25, 0.3) is 0 Å². The van der Waals surface area contributed by atoms with E-state index < -0.39 is 18.2 Å². The van der Waals surface area contributed by atoms with Gasteiger partial charge in [0.05, 0.1) is 18.8 Å². The van der Waals surface area contributed by atoms with Crippen LogP contribution >= 0.6 is 0 Å². The molecule has 0 aromatic heterocycles. The van der Waals surface area contributed by atoms with Crippen molar-refractivity contribution in [3.63, 3.8) is 0 Å². The number of carbonyl (C=O) groups excluding carboxylic acids is 1. The summed E-state index contributed by atoms with van der Waals surface area (Å²) in [7, 11) is 0. The number of nitrogens with one attached hydrogen (secondary N) is 1. The first-order valence-electron chi connectivity index (χ1n) is 29.5. The van der Waals surface area contributed by atoms with Crippen LogP contribution < -0.4 is 5.32 Å². The van der Waals surface area contributed by atoms with Crippen LogP contribution in [0.5, 0.6) is 0 Å². The molecule has 5 heteroatoms. The zero-order valence-corrected chi connectivity index (χ0v) is 43.7. The molecular formula is C59H117NO4. The Kier molecular flexibility index (Phi) is 53.9. The predicted molar refractivity (Wildman–Crippen MR) is 282 cm³/mol. The molecule has 1 amide bonds. The van der Waals surface area contributed by atoms with Crippen molar-refractivity contribution in [2.75, 3.05) is 6.61 Å². The third-order valence-electron chi connectivity index (χ3n) is 14.1. The van der Waals surface area contributed by atoms with E-state index in [0.29, 0.717) is 12.8 Å². The fraction of sp³-hybridized carbons (Fsp3) is 0.949. The maximum Gasteiger partial charge on any atom is 0.220 e. The number of allylic oxidation sites excluding steroid dienone is 2. The number of hydrogen-bond acceptors (Lipinski definition) is 4. The van der Waals surface area contributed by atoms with Gasteiger partial charge in [0.1, 0.15) is 6.10 Å². The van der Waals surface area contributed by atoms with Crippen molar-refractivity contribution in [2.45, 2.75) is 353 Å². The van der Waals surface area contributed by atoms with Gasteiger partial charge in [-0.2, -0.15) is 0 Å². The van der Waals surface area contributed by atoms with Gasteiger partial charge < -0.3 is 20.6 Å². The van der Waals surface area contributed by atoms with Crippen molar-refractivity contribution in [2.24, 2.45) is 0 Å². The van der Waals surface area contributed by atoms with E-state index in [1.807, 2.05) is 0 Å². The lowest BCUT2D eigenvalue weighted by molar-refractivity contribution is -0.124. The van der Waals surface area contributed by atoms with Gasteiger partial charge in [0.25, 0.3) is 0 Å². The molecule has 0 saturated carbocycles. The van der Waals surface area contributed by atoms with Gasteiger partial charge in [-0.3, -0.25) is 4.79 Å². The van der Waals surface area contributed by atoms with Crippen LogP contribution in [0, 0.1) is 0 Å². The molecule has 0 spiro atoms. The lowest BCUT2D eigenvalue weighted by atomic mass is 9.99. The molecule has 0 heterocycles. The van der Waals surface area contributed by atoms with E-state index in [1.54, 1.807) is 0 Å². The number of aliphatic hydroxyl groups is 3. The highest BCUT2D eigenvalue weighted by Gasteiger charge is 2.26. The molecule has 0 radical (unpaired) electrons. The van der Waals surface area contributed by atoms with E-state index in [2.05, 4.69) is 31.3 Å². The lowest BCUT2D eigenvalue weighted by Crippen LogP contribution is -2.50. The highest BCUT2D eigenvalue weighted by atomic mass is 16.3. The zero-order chi connectivity index (χ0) is 46.5. The highest BCUT2D eigenvalue weighted by Crippen LogP contribution is 2.18. The normalized spacial score (nSPS) is 13.3. The average Bonchev–Trinajstić information content (AvgIpc) is 3.30. The Morgan fingerprint density at radius 1 is 0.375 bits per heavy atom. The Bertz CT molecular complexity index is 909. The molecule has 0 bridgehead atoms.